The van der Waals surface area contributed by atoms with E-state index in [9.17, 15) is 5.41 Å². The van der Waals surface area contributed by atoms with Crippen LogP contribution >= 0.6 is 0 Å². The molecule has 226 valence electrons. The lowest BCUT2D eigenvalue weighted by molar-refractivity contribution is 0.669. The molecule has 0 saturated heterocycles. The molecule has 9 rings (SSSR count). The number of nitrogens with one attached hydrogen (secondary N) is 1. The maximum absolute atomic E-state index is 9.28. The molecule has 0 aliphatic carbocycles. The first-order valence-corrected chi connectivity index (χ1v) is 15.9. The molecule has 2 aromatic heterocycles. The molecule has 0 saturated carbocycles. The van der Waals surface area contributed by atoms with E-state index in [1.165, 1.54) is 10.8 Å². The fraction of sp³-hybridized carbons (Fsp3) is 0. The van der Waals surface area contributed by atoms with E-state index in [0.29, 0.717) is 5.84 Å². The van der Waals surface area contributed by atoms with Gasteiger partial charge in [0.25, 0.3) is 0 Å². The molecular formula is C43H28N4O. The number of benzene rings is 7. The van der Waals surface area contributed by atoms with Crippen LogP contribution in [0.1, 0.15) is 11.1 Å². The third kappa shape index (κ3) is 4.68. The van der Waals surface area contributed by atoms with Gasteiger partial charge in [0.15, 0.2) is 5.84 Å². The Labute approximate surface area is 276 Å². The molecule has 5 nitrogen and oxygen atoms in total. The van der Waals surface area contributed by atoms with Crippen molar-refractivity contribution in [2.45, 2.75) is 0 Å². The lowest BCUT2D eigenvalue weighted by Gasteiger charge is -2.08. The molecule has 0 aliphatic rings. The Hall–Kier alpha value is -6.59. The zero-order chi connectivity index (χ0) is 32.0. The molecule has 9 aromatic rings. The summed E-state index contributed by atoms with van der Waals surface area (Å²) in [5.74, 6) is 0.499. The van der Waals surface area contributed by atoms with E-state index in [1.54, 1.807) is 6.21 Å². The van der Waals surface area contributed by atoms with Crippen LogP contribution < -0.4 is 0 Å². The van der Waals surface area contributed by atoms with Gasteiger partial charge in [0.1, 0.15) is 11.2 Å². The number of aromatic nitrogens is 1. The fourth-order valence-electron chi connectivity index (χ4n) is 6.71. The average molecular weight is 617 g/mol. The van der Waals surface area contributed by atoms with Crippen LogP contribution in [-0.2, 0) is 0 Å². The second-order valence-corrected chi connectivity index (χ2v) is 11.9. The minimum absolute atomic E-state index is 0.0795. The smallest absolute Gasteiger partial charge is 0.229 e. The van der Waals surface area contributed by atoms with E-state index in [2.05, 4.69) is 66.7 Å². The Kier molecular flexibility index (Phi) is 6.54. The zero-order valence-corrected chi connectivity index (χ0v) is 25.8. The fourth-order valence-corrected chi connectivity index (χ4v) is 6.71. The first-order valence-electron chi connectivity index (χ1n) is 15.9. The summed E-state index contributed by atoms with van der Waals surface area (Å²) in [7, 11) is 0. The third-order valence-electron chi connectivity index (χ3n) is 8.95. The SMILES string of the molecule is N=C(N=C(N=Cc1ccccc1)c1ccc2c(c1)oc1cccc(-c3ccc4ccccc4c3)c12)n1c2ccccc2c2ccccc21. The van der Waals surface area contributed by atoms with Gasteiger partial charge >= 0.3 is 0 Å². The second-order valence-electron chi connectivity index (χ2n) is 11.9. The maximum Gasteiger partial charge on any atom is 0.229 e. The van der Waals surface area contributed by atoms with Gasteiger partial charge in [-0.2, -0.15) is 4.99 Å². The Bertz CT molecular complexity index is 2700. The van der Waals surface area contributed by atoms with E-state index in [1.807, 2.05) is 95.6 Å². The van der Waals surface area contributed by atoms with Crippen molar-refractivity contribution < 1.29 is 4.42 Å². The van der Waals surface area contributed by atoms with Gasteiger partial charge in [-0.15, -0.1) is 0 Å². The first-order chi connectivity index (χ1) is 23.7. The standard InChI is InChI=1S/C43H28N4O/c44-43(47-37-18-8-6-15-34(37)35-16-7-9-19-38(35)47)46-42(45-27-28-11-2-1-3-12-28)32-23-24-36-40(26-32)48-39-20-10-17-33(41(36)39)31-22-21-29-13-4-5-14-30(29)25-31/h1-27,44H. The van der Waals surface area contributed by atoms with Crippen LogP contribution in [0, 0.1) is 5.41 Å². The van der Waals surface area contributed by atoms with Crippen LogP contribution in [0.5, 0.6) is 0 Å². The lowest BCUT2D eigenvalue weighted by atomic mass is 9.97. The molecule has 0 bridgehead atoms. The van der Waals surface area contributed by atoms with Gasteiger partial charge in [-0.25, -0.2) is 4.99 Å². The van der Waals surface area contributed by atoms with E-state index in [0.717, 1.165) is 66.0 Å². The number of aliphatic imine (C=N–C) groups is 2. The molecule has 7 aromatic carbocycles. The van der Waals surface area contributed by atoms with Crippen molar-refractivity contribution in [3.63, 3.8) is 0 Å². The molecular weight excluding hydrogens is 589 g/mol. The highest BCUT2D eigenvalue weighted by molar-refractivity contribution is 6.18. The zero-order valence-electron chi connectivity index (χ0n) is 25.8. The number of hydrogen-bond acceptors (Lipinski definition) is 2. The van der Waals surface area contributed by atoms with E-state index in [-0.39, 0.29) is 5.96 Å². The summed E-state index contributed by atoms with van der Waals surface area (Å²) in [6, 6.07) is 53.5. The largest absolute Gasteiger partial charge is 0.456 e. The molecule has 0 amide bonds. The average Bonchev–Trinajstić information content (AvgIpc) is 3.69. The van der Waals surface area contributed by atoms with Gasteiger partial charge in [-0.1, -0.05) is 121 Å². The Morgan fingerprint density at radius 2 is 1.29 bits per heavy atom. The third-order valence-corrected chi connectivity index (χ3v) is 8.95. The molecule has 0 radical (unpaired) electrons. The quantitative estimate of drug-likeness (QED) is 0.156. The summed E-state index contributed by atoms with van der Waals surface area (Å²) >= 11 is 0. The first kappa shape index (κ1) is 27.7. The van der Waals surface area contributed by atoms with Crippen LogP contribution in [0.3, 0.4) is 0 Å². The topological polar surface area (TPSA) is 66.6 Å². The van der Waals surface area contributed by atoms with Crippen molar-refractivity contribution >= 4 is 72.5 Å². The van der Waals surface area contributed by atoms with Gasteiger partial charge < -0.3 is 4.42 Å². The molecule has 5 heteroatoms. The second kappa shape index (κ2) is 11.3. The Morgan fingerprint density at radius 1 is 0.583 bits per heavy atom. The van der Waals surface area contributed by atoms with Crippen molar-refractivity contribution in [3.8, 4) is 11.1 Å². The highest BCUT2D eigenvalue weighted by Gasteiger charge is 2.17. The summed E-state index contributed by atoms with van der Waals surface area (Å²) < 4.78 is 8.37. The van der Waals surface area contributed by atoms with Gasteiger partial charge in [0.05, 0.1) is 11.0 Å². The predicted octanol–water partition coefficient (Wildman–Crippen LogP) is 10.9. The van der Waals surface area contributed by atoms with E-state index in [4.69, 9.17) is 14.4 Å². The normalized spacial score (nSPS) is 12.3. The van der Waals surface area contributed by atoms with Crippen molar-refractivity contribution in [1.29, 1.82) is 5.41 Å². The number of furan rings is 1. The predicted molar refractivity (Wildman–Crippen MR) is 200 cm³/mol. The molecule has 0 fully saturated rings. The molecule has 0 aliphatic heterocycles. The highest BCUT2D eigenvalue weighted by atomic mass is 16.3. The van der Waals surface area contributed by atoms with Gasteiger partial charge in [0.2, 0.25) is 5.96 Å². The Morgan fingerprint density at radius 3 is 2.08 bits per heavy atom. The number of para-hydroxylation sites is 2. The van der Waals surface area contributed by atoms with Crippen LogP contribution in [0.25, 0.3) is 65.6 Å². The minimum Gasteiger partial charge on any atom is -0.456 e. The van der Waals surface area contributed by atoms with E-state index >= 15 is 0 Å². The van der Waals surface area contributed by atoms with E-state index < -0.39 is 0 Å². The van der Waals surface area contributed by atoms with Crippen molar-refractivity contribution in [2.75, 3.05) is 0 Å². The number of fused-ring (bicyclic) bond motifs is 7. The van der Waals surface area contributed by atoms with Crippen molar-refractivity contribution in [3.05, 3.63) is 169 Å². The molecule has 48 heavy (non-hydrogen) atoms. The van der Waals surface area contributed by atoms with Gasteiger partial charge in [-0.05, 0) is 63.9 Å². The summed E-state index contributed by atoms with van der Waals surface area (Å²) in [4.78, 5) is 9.74. The number of nitrogens with zero attached hydrogens (tertiary/aromatic N) is 3. The number of hydrogen-bond donors (Lipinski definition) is 1. The summed E-state index contributed by atoms with van der Waals surface area (Å²) in [6.07, 6.45) is 1.79. The van der Waals surface area contributed by atoms with Crippen LogP contribution in [0.15, 0.2) is 172 Å². The van der Waals surface area contributed by atoms with Gasteiger partial charge in [0, 0.05) is 33.3 Å². The number of rotatable bonds is 3. The minimum atomic E-state index is 0.0795. The van der Waals surface area contributed by atoms with Crippen LogP contribution in [-0.4, -0.2) is 22.6 Å². The lowest BCUT2D eigenvalue weighted by Crippen LogP contribution is -2.11. The summed E-state index contributed by atoms with van der Waals surface area (Å²) in [5, 5.41) is 15.9. The van der Waals surface area contributed by atoms with Crippen LogP contribution in [0.2, 0.25) is 0 Å². The molecule has 2 heterocycles. The number of amidine groups is 1. The molecule has 0 spiro atoms. The molecule has 0 atom stereocenters. The molecule has 1 N–H and O–H groups in total. The molecule has 0 unspecified atom stereocenters. The monoisotopic (exact) mass is 616 g/mol. The Balaban J connectivity index is 1.20. The van der Waals surface area contributed by atoms with Crippen molar-refractivity contribution in [2.24, 2.45) is 9.98 Å². The van der Waals surface area contributed by atoms with Crippen LogP contribution in [0.4, 0.5) is 0 Å². The summed E-state index contributed by atoms with van der Waals surface area (Å²) in [6.45, 7) is 0. The maximum atomic E-state index is 9.28. The highest BCUT2D eigenvalue weighted by Crippen LogP contribution is 2.38. The van der Waals surface area contributed by atoms with Crippen molar-refractivity contribution in [1.82, 2.24) is 4.57 Å². The summed E-state index contributed by atoms with van der Waals surface area (Å²) in [5.41, 5.74) is 7.36. The van der Waals surface area contributed by atoms with Gasteiger partial charge in [-0.3, -0.25) is 9.98 Å².